The van der Waals surface area contributed by atoms with Crippen LogP contribution in [0.1, 0.15) is 51.4 Å². The Hall–Kier alpha value is -4.73. The minimum absolute atomic E-state index is 0.00377. The largest absolute Gasteiger partial charge is 0.505 e. The summed E-state index contributed by atoms with van der Waals surface area (Å²) in [6, 6.07) is 15.6. The topological polar surface area (TPSA) is 128 Å². The molecule has 0 bridgehead atoms. The highest BCUT2D eigenvalue weighted by atomic mass is 16.5. The number of aromatic nitrogens is 6. The van der Waals surface area contributed by atoms with Crippen LogP contribution in [-0.4, -0.2) is 46.2 Å². The van der Waals surface area contributed by atoms with E-state index in [-0.39, 0.29) is 29.3 Å². The highest BCUT2D eigenvalue weighted by Crippen LogP contribution is 2.42. The van der Waals surface area contributed by atoms with E-state index in [4.69, 9.17) is 4.74 Å². The molecule has 0 atom stereocenters. The zero-order valence-electron chi connectivity index (χ0n) is 21.5. The van der Waals surface area contributed by atoms with E-state index in [0.29, 0.717) is 28.5 Å². The maximum absolute atomic E-state index is 12.8. The number of benzene rings is 3. The van der Waals surface area contributed by atoms with Gasteiger partial charge in [-0.25, -0.2) is 0 Å². The van der Waals surface area contributed by atoms with Gasteiger partial charge in [-0.05, 0) is 43.5 Å². The molecule has 2 N–H and O–H groups in total. The number of carbonyl (C=O) groups is 1. The van der Waals surface area contributed by atoms with Crippen LogP contribution >= 0.6 is 0 Å². The first-order chi connectivity index (χ1) is 19.0. The van der Waals surface area contributed by atoms with Gasteiger partial charge < -0.3 is 14.9 Å². The summed E-state index contributed by atoms with van der Waals surface area (Å²) < 4.78 is 5.65. The van der Waals surface area contributed by atoms with Crippen molar-refractivity contribution in [2.75, 3.05) is 0 Å². The van der Waals surface area contributed by atoms with Crippen molar-refractivity contribution < 1.29 is 19.7 Å². The fraction of sp³-hybridized carbons (Fsp3) is 0.276. The molecule has 0 aliphatic carbocycles. The number of hydrogen-bond acceptors (Lipinski definition) is 8. The molecule has 3 aromatic carbocycles. The summed E-state index contributed by atoms with van der Waals surface area (Å²) in [4.78, 5) is 15.1. The lowest BCUT2D eigenvalue weighted by molar-refractivity contribution is -0.134. The van der Waals surface area contributed by atoms with Crippen LogP contribution < -0.4 is 4.74 Å². The van der Waals surface area contributed by atoms with Crippen LogP contribution in [-0.2, 0) is 4.79 Å². The Balaban J connectivity index is 1.43. The SMILES string of the molecule is C=CCCCCCCCCC(=O)Oc1cc(O)c(-n2nc3ccccc3n2)c(O)c1-n1nc2ccccc2n1. The molecule has 10 nitrogen and oxygen atoms in total. The molecule has 200 valence electrons. The smallest absolute Gasteiger partial charge is 0.311 e. The number of unbranched alkanes of at least 4 members (excludes halogenated alkanes) is 6. The third-order valence-electron chi connectivity index (χ3n) is 6.43. The first-order valence-electron chi connectivity index (χ1n) is 13.1. The Morgan fingerprint density at radius 2 is 1.26 bits per heavy atom. The normalized spacial score (nSPS) is 11.3. The van der Waals surface area contributed by atoms with Crippen molar-refractivity contribution in [3.8, 4) is 28.6 Å². The van der Waals surface area contributed by atoms with Crippen molar-refractivity contribution in [3.63, 3.8) is 0 Å². The van der Waals surface area contributed by atoms with Crippen LogP contribution in [0, 0.1) is 0 Å². The van der Waals surface area contributed by atoms with Gasteiger partial charge in [-0.3, -0.25) is 4.79 Å². The number of nitrogens with zero attached hydrogens (tertiary/aromatic N) is 6. The Kier molecular flexibility index (Phi) is 7.81. The first kappa shape index (κ1) is 25.9. The molecule has 5 rings (SSSR count). The fourth-order valence-corrected chi connectivity index (χ4v) is 4.44. The van der Waals surface area contributed by atoms with Gasteiger partial charge in [0.05, 0.1) is 0 Å². The van der Waals surface area contributed by atoms with Gasteiger partial charge in [0.2, 0.25) is 0 Å². The molecule has 2 heterocycles. The van der Waals surface area contributed by atoms with E-state index < -0.39 is 11.7 Å². The summed E-state index contributed by atoms with van der Waals surface area (Å²) in [6.07, 6.45) is 9.20. The summed E-state index contributed by atoms with van der Waals surface area (Å²) >= 11 is 0. The van der Waals surface area contributed by atoms with E-state index in [1.54, 1.807) is 24.3 Å². The third-order valence-corrected chi connectivity index (χ3v) is 6.43. The quantitative estimate of drug-likeness (QED) is 0.0906. The molecular formula is C29H30N6O4. The Morgan fingerprint density at radius 1 is 0.769 bits per heavy atom. The first-order valence-corrected chi connectivity index (χ1v) is 13.1. The molecule has 0 aliphatic rings. The maximum Gasteiger partial charge on any atom is 0.311 e. The number of phenolic OH excluding ortho intramolecular Hbond substituents is 2. The van der Waals surface area contributed by atoms with Gasteiger partial charge in [-0.2, -0.15) is 0 Å². The molecule has 39 heavy (non-hydrogen) atoms. The number of rotatable bonds is 12. The van der Waals surface area contributed by atoms with E-state index in [1.807, 2.05) is 30.3 Å². The highest BCUT2D eigenvalue weighted by molar-refractivity contribution is 5.80. The third kappa shape index (κ3) is 5.74. The summed E-state index contributed by atoms with van der Waals surface area (Å²) in [5, 5.41) is 40.0. The van der Waals surface area contributed by atoms with Gasteiger partial charge in [0.25, 0.3) is 0 Å². The van der Waals surface area contributed by atoms with Crippen LogP contribution in [0.5, 0.6) is 17.2 Å². The molecule has 2 aromatic heterocycles. The molecule has 0 unspecified atom stereocenters. The predicted molar refractivity (Wildman–Crippen MR) is 147 cm³/mol. The predicted octanol–water partition coefficient (Wildman–Crippen LogP) is 5.78. The molecule has 0 saturated heterocycles. The van der Waals surface area contributed by atoms with Gasteiger partial charge in [0.1, 0.15) is 22.1 Å². The standard InChI is InChI=1S/C29H30N6O4/c1-2-3-4-5-6-7-8-9-18-26(37)39-25-19-24(36)27(34-30-20-14-10-11-15-21(20)31-34)29(38)28(25)35-32-22-16-12-13-17-23(22)33-35/h2,10-17,19,36,38H,1,3-9,18H2. The lowest BCUT2D eigenvalue weighted by Gasteiger charge is -2.15. The lowest BCUT2D eigenvalue weighted by Crippen LogP contribution is -2.12. The molecule has 0 radical (unpaired) electrons. The van der Waals surface area contributed by atoms with Crippen molar-refractivity contribution in [3.05, 3.63) is 67.3 Å². The summed E-state index contributed by atoms with van der Waals surface area (Å²) in [6.45, 7) is 3.74. The highest BCUT2D eigenvalue weighted by Gasteiger charge is 2.26. The second kappa shape index (κ2) is 11.8. The van der Waals surface area contributed by atoms with Crippen molar-refractivity contribution in [2.45, 2.75) is 51.4 Å². The van der Waals surface area contributed by atoms with Gasteiger partial charge >= 0.3 is 5.97 Å². The van der Waals surface area contributed by atoms with Crippen LogP contribution in [0.3, 0.4) is 0 Å². The van der Waals surface area contributed by atoms with Gasteiger partial charge in [-0.1, -0.05) is 56.0 Å². The molecule has 0 spiro atoms. The number of esters is 1. The molecule has 0 aliphatic heterocycles. The van der Waals surface area contributed by atoms with E-state index in [1.165, 1.54) is 10.9 Å². The molecule has 0 fully saturated rings. The van der Waals surface area contributed by atoms with Crippen LogP contribution in [0.25, 0.3) is 33.4 Å². The van der Waals surface area contributed by atoms with Crippen LogP contribution in [0.2, 0.25) is 0 Å². The minimum atomic E-state index is -0.478. The number of allylic oxidation sites excluding steroid dienone is 1. The van der Waals surface area contributed by atoms with E-state index in [0.717, 1.165) is 43.3 Å². The number of aromatic hydroxyl groups is 2. The minimum Gasteiger partial charge on any atom is -0.505 e. The van der Waals surface area contributed by atoms with Crippen LogP contribution in [0.15, 0.2) is 67.3 Å². The number of phenols is 2. The lowest BCUT2D eigenvalue weighted by atomic mass is 10.1. The second-order valence-electron chi connectivity index (χ2n) is 9.32. The Bertz CT molecular complexity index is 1560. The zero-order valence-corrected chi connectivity index (χ0v) is 21.5. The monoisotopic (exact) mass is 526 g/mol. The molecule has 0 amide bonds. The summed E-state index contributed by atoms with van der Waals surface area (Å²) in [5.41, 5.74) is 2.24. The molecule has 5 aromatic rings. The number of ether oxygens (including phenoxy) is 1. The Morgan fingerprint density at radius 3 is 1.79 bits per heavy atom. The van der Waals surface area contributed by atoms with Crippen LogP contribution in [0.4, 0.5) is 0 Å². The zero-order chi connectivity index (χ0) is 27.2. The van der Waals surface area contributed by atoms with Gasteiger partial charge in [0.15, 0.2) is 28.6 Å². The van der Waals surface area contributed by atoms with Crippen molar-refractivity contribution >= 4 is 28.0 Å². The van der Waals surface area contributed by atoms with Crippen molar-refractivity contribution in [1.82, 2.24) is 30.0 Å². The van der Waals surface area contributed by atoms with Crippen molar-refractivity contribution in [1.29, 1.82) is 0 Å². The molecule has 10 heteroatoms. The van der Waals surface area contributed by atoms with Crippen molar-refractivity contribution in [2.24, 2.45) is 0 Å². The summed E-state index contributed by atoms with van der Waals surface area (Å²) in [5.74, 6) is -1.34. The fourth-order valence-electron chi connectivity index (χ4n) is 4.44. The Labute approximate surface area is 225 Å². The van der Waals surface area contributed by atoms with Gasteiger partial charge in [-0.15, -0.1) is 36.6 Å². The number of fused-ring (bicyclic) bond motifs is 2. The van der Waals surface area contributed by atoms with E-state index >= 15 is 0 Å². The van der Waals surface area contributed by atoms with E-state index in [2.05, 4.69) is 27.0 Å². The maximum atomic E-state index is 12.8. The molecule has 0 saturated carbocycles. The average Bonchev–Trinajstić information content (AvgIpc) is 3.54. The average molecular weight is 527 g/mol. The number of carbonyl (C=O) groups excluding carboxylic acids is 1. The second-order valence-corrected chi connectivity index (χ2v) is 9.32. The van der Waals surface area contributed by atoms with E-state index in [9.17, 15) is 15.0 Å². The van der Waals surface area contributed by atoms with Gasteiger partial charge in [0, 0.05) is 12.5 Å². The number of hydrogen-bond donors (Lipinski definition) is 2. The molecular weight excluding hydrogens is 496 g/mol. The summed E-state index contributed by atoms with van der Waals surface area (Å²) in [7, 11) is 0.